The van der Waals surface area contributed by atoms with Crippen LogP contribution in [0.1, 0.15) is 23.9 Å². The molecule has 2 aromatic carbocycles. The average molecular weight is 339 g/mol. The van der Waals surface area contributed by atoms with Crippen LogP contribution in [0.2, 0.25) is 0 Å². The van der Waals surface area contributed by atoms with Gasteiger partial charge in [0.15, 0.2) is 0 Å². The van der Waals surface area contributed by atoms with Gasteiger partial charge in [0.05, 0.1) is 17.6 Å². The Balaban J connectivity index is 1.62. The standard InChI is InChI=1S/C20H22FN3O/c1-24-10-9-14(12-24)13-25-19(15-5-3-2-4-6-15)20-22-17-8-7-16(21)11-18(17)23-20/h2-8,11,14,19H,9-10,12-13H2,1H3,(H,22,23). The van der Waals surface area contributed by atoms with Crippen LogP contribution < -0.4 is 0 Å². The quantitative estimate of drug-likeness (QED) is 0.769. The van der Waals surface area contributed by atoms with E-state index in [1.165, 1.54) is 12.1 Å². The maximum absolute atomic E-state index is 13.5. The molecule has 3 aromatic rings. The SMILES string of the molecule is CN1CCC(COC(c2ccccc2)c2nc3ccc(F)cc3[nH]2)C1. The Kier molecular flexibility index (Phi) is 4.51. The van der Waals surface area contributed by atoms with Crippen molar-refractivity contribution in [2.45, 2.75) is 12.5 Å². The summed E-state index contributed by atoms with van der Waals surface area (Å²) in [7, 11) is 2.14. The molecule has 4 nitrogen and oxygen atoms in total. The molecule has 0 bridgehead atoms. The first kappa shape index (κ1) is 16.2. The zero-order valence-corrected chi connectivity index (χ0v) is 14.3. The average Bonchev–Trinajstić information content (AvgIpc) is 3.22. The van der Waals surface area contributed by atoms with Crippen LogP contribution in [0, 0.1) is 11.7 Å². The van der Waals surface area contributed by atoms with Gasteiger partial charge in [0, 0.05) is 6.54 Å². The van der Waals surface area contributed by atoms with Crippen molar-refractivity contribution >= 4 is 11.0 Å². The number of H-pyrrole nitrogens is 1. The third-order valence-electron chi connectivity index (χ3n) is 4.80. The molecule has 0 radical (unpaired) electrons. The smallest absolute Gasteiger partial charge is 0.141 e. The lowest BCUT2D eigenvalue weighted by atomic mass is 10.1. The van der Waals surface area contributed by atoms with Gasteiger partial charge in [0.1, 0.15) is 17.7 Å². The number of hydrogen-bond donors (Lipinski definition) is 1. The Labute approximate surface area is 146 Å². The lowest BCUT2D eigenvalue weighted by Crippen LogP contribution is -2.19. The predicted octanol–water partition coefficient (Wildman–Crippen LogP) is 3.76. The van der Waals surface area contributed by atoms with Gasteiger partial charge in [0.25, 0.3) is 0 Å². The van der Waals surface area contributed by atoms with E-state index in [-0.39, 0.29) is 11.9 Å². The monoisotopic (exact) mass is 339 g/mol. The number of imidazole rings is 1. The Morgan fingerprint density at radius 1 is 1.28 bits per heavy atom. The Morgan fingerprint density at radius 2 is 2.12 bits per heavy atom. The minimum absolute atomic E-state index is 0.270. The van der Waals surface area contributed by atoms with Crippen molar-refractivity contribution in [1.82, 2.24) is 14.9 Å². The van der Waals surface area contributed by atoms with E-state index in [4.69, 9.17) is 4.74 Å². The molecule has 2 heterocycles. The van der Waals surface area contributed by atoms with Gasteiger partial charge in [-0.15, -0.1) is 0 Å². The molecule has 0 spiro atoms. The van der Waals surface area contributed by atoms with Crippen molar-refractivity contribution < 1.29 is 9.13 Å². The fourth-order valence-electron chi connectivity index (χ4n) is 3.48. The van der Waals surface area contributed by atoms with Crippen LogP contribution in [0.4, 0.5) is 4.39 Å². The number of fused-ring (bicyclic) bond motifs is 1. The lowest BCUT2D eigenvalue weighted by Gasteiger charge is -2.19. The Hall–Kier alpha value is -2.24. The summed E-state index contributed by atoms with van der Waals surface area (Å²) < 4.78 is 19.8. The van der Waals surface area contributed by atoms with Crippen LogP contribution in [0.25, 0.3) is 11.0 Å². The number of aromatic nitrogens is 2. The molecule has 1 aromatic heterocycles. The van der Waals surface area contributed by atoms with Gasteiger partial charge in [-0.05, 0) is 49.7 Å². The molecule has 5 heteroatoms. The van der Waals surface area contributed by atoms with Crippen molar-refractivity contribution in [2.24, 2.45) is 5.92 Å². The summed E-state index contributed by atoms with van der Waals surface area (Å²) in [6.45, 7) is 2.87. The minimum atomic E-state index is -0.275. The van der Waals surface area contributed by atoms with E-state index in [0.29, 0.717) is 18.0 Å². The van der Waals surface area contributed by atoms with E-state index < -0.39 is 0 Å². The van der Waals surface area contributed by atoms with Gasteiger partial charge in [0.2, 0.25) is 0 Å². The zero-order valence-electron chi connectivity index (χ0n) is 14.3. The minimum Gasteiger partial charge on any atom is -0.365 e. The predicted molar refractivity (Wildman–Crippen MR) is 95.9 cm³/mol. The molecule has 0 saturated carbocycles. The van der Waals surface area contributed by atoms with Crippen molar-refractivity contribution in [2.75, 3.05) is 26.7 Å². The Bertz CT molecular complexity index is 849. The lowest BCUT2D eigenvalue weighted by molar-refractivity contribution is 0.0500. The molecule has 25 heavy (non-hydrogen) atoms. The molecule has 1 aliphatic heterocycles. The summed E-state index contributed by atoms with van der Waals surface area (Å²) in [5.41, 5.74) is 2.50. The van der Waals surface area contributed by atoms with Crippen LogP contribution in [0.15, 0.2) is 48.5 Å². The molecule has 0 aliphatic carbocycles. The summed E-state index contributed by atoms with van der Waals surface area (Å²) in [5, 5.41) is 0. The molecule has 130 valence electrons. The van der Waals surface area contributed by atoms with E-state index in [1.54, 1.807) is 6.07 Å². The molecule has 1 saturated heterocycles. The first-order valence-electron chi connectivity index (χ1n) is 8.69. The number of nitrogens with one attached hydrogen (secondary N) is 1. The maximum Gasteiger partial charge on any atom is 0.141 e. The van der Waals surface area contributed by atoms with Gasteiger partial charge < -0.3 is 14.6 Å². The second-order valence-corrected chi connectivity index (χ2v) is 6.82. The number of aromatic amines is 1. The number of rotatable bonds is 5. The molecular weight excluding hydrogens is 317 g/mol. The third-order valence-corrected chi connectivity index (χ3v) is 4.80. The number of benzene rings is 2. The second-order valence-electron chi connectivity index (χ2n) is 6.82. The molecule has 4 rings (SSSR count). The molecule has 0 amide bonds. The molecule has 2 atom stereocenters. The van der Waals surface area contributed by atoms with Gasteiger partial charge in [-0.1, -0.05) is 30.3 Å². The topological polar surface area (TPSA) is 41.1 Å². The number of likely N-dealkylation sites (tertiary alicyclic amines) is 1. The van der Waals surface area contributed by atoms with E-state index in [0.717, 1.165) is 36.4 Å². The highest BCUT2D eigenvalue weighted by molar-refractivity contribution is 5.75. The van der Waals surface area contributed by atoms with E-state index in [1.807, 2.05) is 30.3 Å². The Morgan fingerprint density at radius 3 is 2.88 bits per heavy atom. The zero-order chi connectivity index (χ0) is 17.2. The number of halogens is 1. The summed E-state index contributed by atoms with van der Waals surface area (Å²) >= 11 is 0. The van der Waals surface area contributed by atoms with Crippen molar-refractivity contribution in [3.05, 3.63) is 65.7 Å². The highest BCUT2D eigenvalue weighted by Crippen LogP contribution is 2.28. The molecule has 1 fully saturated rings. The van der Waals surface area contributed by atoms with Crippen LogP contribution in [-0.4, -0.2) is 41.6 Å². The molecule has 1 aliphatic rings. The van der Waals surface area contributed by atoms with Crippen LogP contribution >= 0.6 is 0 Å². The first-order valence-corrected chi connectivity index (χ1v) is 8.69. The third kappa shape index (κ3) is 3.57. The second kappa shape index (κ2) is 6.94. The van der Waals surface area contributed by atoms with Crippen LogP contribution in [0.5, 0.6) is 0 Å². The van der Waals surface area contributed by atoms with E-state index >= 15 is 0 Å². The normalized spacial score (nSPS) is 19.5. The molecule has 2 unspecified atom stereocenters. The van der Waals surface area contributed by atoms with Crippen LogP contribution in [-0.2, 0) is 4.74 Å². The van der Waals surface area contributed by atoms with Gasteiger partial charge in [-0.2, -0.15) is 0 Å². The number of ether oxygens (including phenoxy) is 1. The van der Waals surface area contributed by atoms with Gasteiger partial charge in [-0.25, -0.2) is 9.37 Å². The van der Waals surface area contributed by atoms with Crippen molar-refractivity contribution in [3.8, 4) is 0 Å². The highest BCUT2D eigenvalue weighted by Gasteiger charge is 2.24. The summed E-state index contributed by atoms with van der Waals surface area (Å²) in [6, 6.07) is 14.7. The summed E-state index contributed by atoms with van der Waals surface area (Å²) in [5.74, 6) is 0.991. The highest BCUT2D eigenvalue weighted by atomic mass is 19.1. The summed E-state index contributed by atoms with van der Waals surface area (Å²) in [4.78, 5) is 10.2. The largest absolute Gasteiger partial charge is 0.365 e. The van der Waals surface area contributed by atoms with E-state index in [2.05, 4.69) is 21.9 Å². The van der Waals surface area contributed by atoms with Crippen molar-refractivity contribution in [3.63, 3.8) is 0 Å². The van der Waals surface area contributed by atoms with Gasteiger partial charge in [-0.3, -0.25) is 0 Å². The first-order chi connectivity index (χ1) is 12.2. The molecular formula is C20H22FN3O. The summed E-state index contributed by atoms with van der Waals surface area (Å²) in [6.07, 6.45) is 0.881. The molecule has 1 N–H and O–H groups in total. The number of nitrogens with zero attached hydrogens (tertiary/aromatic N) is 2. The van der Waals surface area contributed by atoms with Gasteiger partial charge >= 0.3 is 0 Å². The fraction of sp³-hybridized carbons (Fsp3) is 0.350. The van der Waals surface area contributed by atoms with Crippen molar-refractivity contribution in [1.29, 1.82) is 0 Å². The maximum atomic E-state index is 13.5. The van der Waals surface area contributed by atoms with E-state index in [9.17, 15) is 4.39 Å². The number of hydrogen-bond acceptors (Lipinski definition) is 3. The fourth-order valence-corrected chi connectivity index (χ4v) is 3.48. The van der Waals surface area contributed by atoms with Crippen LogP contribution in [0.3, 0.4) is 0 Å².